The van der Waals surface area contributed by atoms with Crippen molar-refractivity contribution in [2.24, 2.45) is 5.41 Å². The van der Waals surface area contributed by atoms with Crippen molar-refractivity contribution in [2.75, 3.05) is 6.61 Å². The van der Waals surface area contributed by atoms with E-state index < -0.39 is 0 Å². The van der Waals surface area contributed by atoms with E-state index in [1.165, 1.54) is 0 Å². The molecule has 0 amide bonds. The maximum absolute atomic E-state index is 9.03. The summed E-state index contributed by atoms with van der Waals surface area (Å²) in [5.74, 6) is 0.844. The first kappa shape index (κ1) is 9.26. The smallest absolute Gasteiger partial charge is 0.136 e. The molecule has 0 bridgehead atoms. The first-order chi connectivity index (χ1) is 5.55. The highest BCUT2D eigenvalue weighted by molar-refractivity contribution is 5.13. The molecule has 1 heterocycles. The normalized spacial score (nSPS) is 12.0. The third-order valence-corrected chi connectivity index (χ3v) is 1.95. The van der Waals surface area contributed by atoms with Crippen molar-refractivity contribution in [1.29, 1.82) is 0 Å². The van der Waals surface area contributed by atoms with Gasteiger partial charge in [-0.1, -0.05) is 19.0 Å². The number of hydrogen-bond acceptors (Lipinski definition) is 3. The monoisotopic (exact) mass is 169 g/mol. The molecule has 0 saturated carbocycles. The molecule has 68 valence electrons. The van der Waals surface area contributed by atoms with Crippen molar-refractivity contribution in [1.82, 2.24) is 5.16 Å². The molecule has 0 unspecified atom stereocenters. The van der Waals surface area contributed by atoms with Gasteiger partial charge in [-0.25, -0.2) is 0 Å². The van der Waals surface area contributed by atoms with Gasteiger partial charge in [-0.05, 0) is 18.8 Å². The standard InChI is InChI=1S/C9H15NO2/c1-7-8(5-10-12-7)4-9(2,3)6-11/h5,11H,4,6H2,1-3H3. The van der Waals surface area contributed by atoms with Crippen molar-refractivity contribution >= 4 is 0 Å². The van der Waals surface area contributed by atoms with E-state index in [2.05, 4.69) is 5.16 Å². The zero-order chi connectivity index (χ0) is 9.19. The molecule has 0 radical (unpaired) electrons. The van der Waals surface area contributed by atoms with Gasteiger partial charge >= 0.3 is 0 Å². The van der Waals surface area contributed by atoms with Crippen molar-refractivity contribution in [2.45, 2.75) is 27.2 Å². The second-order valence-electron chi connectivity index (χ2n) is 3.91. The third kappa shape index (κ3) is 2.08. The Morgan fingerprint density at radius 1 is 1.58 bits per heavy atom. The molecule has 3 heteroatoms. The van der Waals surface area contributed by atoms with Crippen LogP contribution in [0.5, 0.6) is 0 Å². The molecular weight excluding hydrogens is 154 g/mol. The summed E-state index contributed by atoms with van der Waals surface area (Å²) in [6.45, 7) is 6.09. The fraction of sp³-hybridized carbons (Fsp3) is 0.667. The molecule has 1 rings (SSSR count). The van der Waals surface area contributed by atoms with Gasteiger partial charge in [-0.2, -0.15) is 0 Å². The highest BCUT2D eigenvalue weighted by atomic mass is 16.5. The van der Waals surface area contributed by atoms with Gasteiger partial charge in [0.2, 0.25) is 0 Å². The summed E-state index contributed by atoms with van der Waals surface area (Å²) in [6.07, 6.45) is 2.52. The van der Waals surface area contributed by atoms with E-state index in [0.29, 0.717) is 0 Å². The molecule has 0 aromatic carbocycles. The van der Waals surface area contributed by atoms with E-state index in [0.717, 1.165) is 17.7 Å². The predicted octanol–water partition coefficient (Wildman–Crippen LogP) is 1.54. The van der Waals surface area contributed by atoms with Crippen LogP contribution in [0.3, 0.4) is 0 Å². The predicted molar refractivity (Wildman–Crippen MR) is 45.8 cm³/mol. The molecule has 0 aliphatic carbocycles. The van der Waals surface area contributed by atoms with Gasteiger partial charge in [0.25, 0.3) is 0 Å². The van der Waals surface area contributed by atoms with E-state index in [4.69, 9.17) is 9.63 Å². The third-order valence-electron chi connectivity index (χ3n) is 1.95. The molecule has 0 aliphatic rings. The minimum Gasteiger partial charge on any atom is -0.396 e. The zero-order valence-corrected chi connectivity index (χ0v) is 7.79. The van der Waals surface area contributed by atoms with Crippen molar-refractivity contribution in [3.8, 4) is 0 Å². The molecule has 1 aromatic heterocycles. The Hall–Kier alpha value is -0.830. The second kappa shape index (κ2) is 3.27. The lowest BCUT2D eigenvalue weighted by molar-refractivity contribution is 0.159. The molecular formula is C9H15NO2. The number of rotatable bonds is 3. The average molecular weight is 169 g/mol. The van der Waals surface area contributed by atoms with Crippen LogP contribution >= 0.6 is 0 Å². The Morgan fingerprint density at radius 3 is 2.67 bits per heavy atom. The Kier molecular flexibility index (Phi) is 2.52. The number of aliphatic hydroxyl groups excluding tert-OH is 1. The van der Waals surface area contributed by atoms with Crippen molar-refractivity contribution in [3.05, 3.63) is 17.5 Å². The van der Waals surface area contributed by atoms with E-state index in [9.17, 15) is 0 Å². The zero-order valence-electron chi connectivity index (χ0n) is 7.79. The van der Waals surface area contributed by atoms with Crippen LogP contribution in [0.2, 0.25) is 0 Å². The molecule has 0 fully saturated rings. The molecule has 0 saturated heterocycles. The lowest BCUT2D eigenvalue weighted by atomic mass is 9.87. The maximum Gasteiger partial charge on any atom is 0.136 e. The topological polar surface area (TPSA) is 46.3 Å². The fourth-order valence-corrected chi connectivity index (χ4v) is 1.06. The number of hydrogen-bond donors (Lipinski definition) is 1. The van der Waals surface area contributed by atoms with Gasteiger partial charge in [0, 0.05) is 12.2 Å². The van der Waals surface area contributed by atoms with Gasteiger partial charge in [-0.3, -0.25) is 0 Å². The molecule has 0 aliphatic heterocycles. The lowest BCUT2D eigenvalue weighted by Gasteiger charge is -2.20. The number of aryl methyl sites for hydroxylation is 1. The minimum atomic E-state index is -0.0870. The Labute approximate surface area is 72.4 Å². The van der Waals surface area contributed by atoms with Crippen LogP contribution in [0.25, 0.3) is 0 Å². The van der Waals surface area contributed by atoms with Crippen LogP contribution in [-0.2, 0) is 6.42 Å². The summed E-state index contributed by atoms with van der Waals surface area (Å²) >= 11 is 0. The molecule has 3 nitrogen and oxygen atoms in total. The largest absolute Gasteiger partial charge is 0.396 e. The summed E-state index contributed by atoms with van der Waals surface area (Å²) in [7, 11) is 0. The molecule has 0 atom stereocenters. The summed E-state index contributed by atoms with van der Waals surface area (Å²) in [5, 5.41) is 12.7. The Morgan fingerprint density at radius 2 is 2.25 bits per heavy atom. The first-order valence-electron chi connectivity index (χ1n) is 4.06. The van der Waals surface area contributed by atoms with Crippen molar-refractivity contribution < 1.29 is 9.63 Å². The second-order valence-corrected chi connectivity index (χ2v) is 3.91. The Bertz CT molecular complexity index is 253. The Balaban J connectivity index is 2.70. The van der Waals surface area contributed by atoms with Gasteiger partial charge in [-0.15, -0.1) is 0 Å². The molecule has 1 aromatic rings. The summed E-state index contributed by atoms with van der Waals surface area (Å²) in [4.78, 5) is 0. The van der Waals surface area contributed by atoms with Crippen LogP contribution in [-0.4, -0.2) is 16.9 Å². The van der Waals surface area contributed by atoms with Crippen LogP contribution in [0, 0.1) is 12.3 Å². The first-order valence-corrected chi connectivity index (χ1v) is 4.06. The highest BCUT2D eigenvalue weighted by Crippen LogP contribution is 2.22. The molecule has 1 N–H and O–H groups in total. The number of aliphatic hydroxyl groups is 1. The van der Waals surface area contributed by atoms with E-state index >= 15 is 0 Å². The van der Waals surface area contributed by atoms with Gasteiger partial charge in [0.1, 0.15) is 5.76 Å². The van der Waals surface area contributed by atoms with Crippen LogP contribution in [0.1, 0.15) is 25.2 Å². The van der Waals surface area contributed by atoms with E-state index in [1.807, 2.05) is 20.8 Å². The average Bonchev–Trinajstić information content (AvgIpc) is 2.36. The fourth-order valence-electron chi connectivity index (χ4n) is 1.06. The van der Waals surface area contributed by atoms with Gasteiger partial charge in [0.15, 0.2) is 0 Å². The molecule has 12 heavy (non-hydrogen) atoms. The SMILES string of the molecule is Cc1oncc1CC(C)(C)CO. The quantitative estimate of drug-likeness (QED) is 0.746. The van der Waals surface area contributed by atoms with Gasteiger partial charge < -0.3 is 9.63 Å². The van der Waals surface area contributed by atoms with E-state index in [-0.39, 0.29) is 12.0 Å². The maximum atomic E-state index is 9.03. The van der Waals surface area contributed by atoms with Crippen molar-refractivity contribution in [3.63, 3.8) is 0 Å². The van der Waals surface area contributed by atoms with Crippen LogP contribution in [0.4, 0.5) is 0 Å². The molecule has 0 spiro atoms. The number of aromatic nitrogens is 1. The summed E-state index contributed by atoms with van der Waals surface area (Å²) in [5.41, 5.74) is 0.991. The lowest BCUT2D eigenvalue weighted by Crippen LogP contribution is -2.19. The number of nitrogens with zero attached hydrogens (tertiary/aromatic N) is 1. The highest BCUT2D eigenvalue weighted by Gasteiger charge is 2.19. The summed E-state index contributed by atoms with van der Waals surface area (Å²) < 4.78 is 4.92. The summed E-state index contributed by atoms with van der Waals surface area (Å²) in [6, 6.07) is 0. The van der Waals surface area contributed by atoms with Crippen LogP contribution < -0.4 is 0 Å². The van der Waals surface area contributed by atoms with Crippen LogP contribution in [0.15, 0.2) is 10.7 Å². The van der Waals surface area contributed by atoms with E-state index in [1.54, 1.807) is 6.20 Å². The minimum absolute atomic E-state index is 0.0870. The van der Waals surface area contributed by atoms with Gasteiger partial charge in [0.05, 0.1) is 6.20 Å².